The van der Waals surface area contributed by atoms with Crippen LogP contribution in [0.2, 0.25) is 0 Å². The molecule has 1 aromatic heterocycles. The monoisotopic (exact) mass is 444 g/mol. The van der Waals surface area contributed by atoms with E-state index in [-0.39, 0.29) is 11.3 Å². The van der Waals surface area contributed by atoms with Crippen molar-refractivity contribution in [2.24, 2.45) is 0 Å². The third-order valence-electron chi connectivity index (χ3n) is 4.08. The van der Waals surface area contributed by atoms with Gasteiger partial charge >= 0.3 is 0 Å². The normalized spacial score (nSPS) is 11.0. The Morgan fingerprint density at radius 2 is 1.97 bits per heavy atom. The van der Waals surface area contributed by atoms with Crippen LogP contribution in [0.1, 0.15) is 26.5 Å². The third kappa shape index (κ3) is 5.00. The number of nitriles is 1. The van der Waals surface area contributed by atoms with Crippen molar-refractivity contribution < 1.29 is 17.6 Å². The summed E-state index contributed by atoms with van der Waals surface area (Å²) in [5, 5.41) is 9.37. The highest BCUT2D eigenvalue weighted by molar-refractivity contribution is 7.89. The van der Waals surface area contributed by atoms with Gasteiger partial charge in [0.15, 0.2) is 5.13 Å². The Morgan fingerprint density at radius 3 is 2.57 bits per heavy atom. The molecule has 0 aliphatic carbocycles. The molecule has 2 aromatic carbocycles. The first kappa shape index (κ1) is 21.4. The van der Waals surface area contributed by atoms with Crippen LogP contribution in [0.4, 0.5) is 15.2 Å². The first-order chi connectivity index (χ1) is 14.2. The number of halogens is 1. The molecule has 0 aliphatic rings. The highest BCUT2D eigenvalue weighted by Crippen LogP contribution is 2.33. The van der Waals surface area contributed by atoms with E-state index in [4.69, 9.17) is 5.26 Å². The number of sulfonamides is 1. The molecule has 0 aliphatic heterocycles. The molecule has 0 atom stereocenters. The van der Waals surface area contributed by atoms with Crippen LogP contribution in [0.15, 0.2) is 48.5 Å². The molecule has 0 saturated heterocycles. The van der Waals surface area contributed by atoms with E-state index in [1.807, 2.05) is 35.1 Å². The number of hydrogen-bond donors (Lipinski definition) is 1. The lowest BCUT2D eigenvalue weighted by molar-refractivity contribution is 0.0977. The van der Waals surface area contributed by atoms with Crippen LogP contribution >= 0.6 is 11.3 Å². The number of anilines is 2. The fourth-order valence-corrected chi connectivity index (χ4v) is 4.08. The van der Waals surface area contributed by atoms with Crippen molar-refractivity contribution in [3.63, 3.8) is 0 Å². The van der Waals surface area contributed by atoms with Gasteiger partial charge in [0.05, 0.1) is 18.4 Å². The Kier molecular flexibility index (Phi) is 6.14. The maximum atomic E-state index is 14.3. The lowest BCUT2D eigenvalue weighted by atomic mass is 10.1. The number of aryl methyl sites for hydroxylation is 1. The highest BCUT2D eigenvalue weighted by atomic mass is 32.2. The molecular weight excluding hydrogens is 427 g/mol. The van der Waals surface area contributed by atoms with Crippen LogP contribution in [0, 0.1) is 24.1 Å². The van der Waals surface area contributed by atoms with E-state index < -0.39 is 21.7 Å². The Bertz CT molecular complexity index is 1230. The zero-order valence-electron chi connectivity index (χ0n) is 16.1. The van der Waals surface area contributed by atoms with Crippen molar-refractivity contribution >= 4 is 38.1 Å². The number of rotatable bonds is 6. The van der Waals surface area contributed by atoms with Crippen molar-refractivity contribution in [2.45, 2.75) is 13.5 Å². The van der Waals surface area contributed by atoms with E-state index in [0.717, 1.165) is 11.8 Å². The zero-order chi connectivity index (χ0) is 21.9. The smallest absolute Gasteiger partial charge is 0.284 e. The number of carbonyl (C=O) groups is 1. The van der Waals surface area contributed by atoms with Crippen molar-refractivity contribution in [1.82, 2.24) is 9.71 Å². The average Bonchev–Trinajstić information content (AvgIpc) is 3.07. The summed E-state index contributed by atoms with van der Waals surface area (Å²) in [5.41, 5.74) is 1.26. The van der Waals surface area contributed by atoms with E-state index in [0.29, 0.717) is 22.2 Å². The highest BCUT2D eigenvalue weighted by Gasteiger charge is 2.22. The Hall–Kier alpha value is -3.29. The average molecular weight is 445 g/mol. The number of aromatic nitrogens is 1. The quantitative estimate of drug-likeness (QED) is 0.624. The Balaban J connectivity index is 2.05. The van der Waals surface area contributed by atoms with Crippen LogP contribution in [-0.4, -0.2) is 25.6 Å². The van der Waals surface area contributed by atoms with Gasteiger partial charge in [0.25, 0.3) is 5.91 Å². The SMILES string of the molecule is Cc1sc(N(Cc2ccccc2)c2ccc(C#N)c(F)c2)nc1C(=O)NS(C)(=O)=O. The first-order valence-electron chi connectivity index (χ1n) is 8.68. The summed E-state index contributed by atoms with van der Waals surface area (Å²) in [5.74, 6) is -1.50. The first-order valence-corrected chi connectivity index (χ1v) is 11.4. The van der Waals surface area contributed by atoms with Crippen molar-refractivity contribution in [1.29, 1.82) is 5.26 Å². The standard InChI is InChI=1S/C20H17FN4O3S2/c1-13-18(19(26)24-30(2,27)28)23-20(29-13)25(12-14-6-4-3-5-7-14)16-9-8-15(11-22)17(21)10-16/h3-10H,12H2,1-2H3,(H,24,26). The zero-order valence-corrected chi connectivity index (χ0v) is 17.7. The molecule has 154 valence electrons. The van der Waals surface area contributed by atoms with E-state index in [2.05, 4.69) is 4.98 Å². The summed E-state index contributed by atoms with van der Waals surface area (Å²) in [4.78, 5) is 18.8. The van der Waals surface area contributed by atoms with Gasteiger partial charge in [0, 0.05) is 10.6 Å². The number of carbonyl (C=O) groups excluding carboxylic acids is 1. The fourth-order valence-electron chi connectivity index (χ4n) is 2.72. The second-order valence-electron chi connectivity index (χ2n) is 6.45. The Morgan fingerprint density at radius 1 is 1.27 bits per heavy atom. The minimum atomic E-state index is -3.74. The number of nitrogens with one attached hydrogen (secondary N) is 1. The minimum absolute atomic E-state index is 0.0207. The molecule has 0 radical (unpaired) electrons. The van der Waals surface area contributed by atoms with E-state index in [1.165, 1.54) is 23.5 Å². The number of amides is 1. The molecule has 7 nitrogen and oxygen atoms in total. The van der Waals surface area contributed by atoms with Gasteiger partial charge in [0.2, 0.25) is 10.0 Å². The molecule has 30 heavy (non-hydrogen) atoms. The number of benzene rings is 2. The second-order valence-corrected chi connectivity index (χ2v) is 9.38. The van der Waals surface area contributed by atoms with E-state index >= 15 is 0 Å². The fraction of sp³-hybridized carbons (Fsp3) is 0.150. The molecule has 1 amide bonds. The van der Waals surface area contributed by atoms with Gasteiger partial charge in [-0.2, -0.15) is 5.26 Å². The number of thiazole rings is 1. The van der Waals surface area contributed by atoms with Crippen LogP contribution in [0.3, 0.4) is 0 Å². The van der Waals surface area contributed by atoms with Gasteiger partial charge in [-0.05, 0) is 30.7 Å². The molecule has 0 bridgehead atoms. The maximum absolute atomic E-state index is 14.3. The molecule has 0 unspecified atom stereocenters. The minimum Gasteiger partial charge on any atom is -0.313 e. The van der Waals surface area contributed by atoms with Crippen molar-refractivity contribution in [3.05, 3.63) is 76.0 Å². The molecule has 0 fully saturated rings. The molecular formula is C20H17FN4O3S2. The molecule has 1 heterocycles. The molecule has 10 heteroatoms. The topological polar surface area (TPSA) is 103 Å². The summed E-state index contributed by atoms with van der Waals surface area (Å²) in [6.45, 7) is 1.98. The summed E-state index contributed by atoms with van der Waals surface area (Å²) in [6, 6.07) is 15.4. The predicted molar refractivity (Wildman–Crippen MR) is 113 cm³/mol. The molecule has 3 aromatic rings. The maximum Gasteiger partial charge on any atom is 0.284 e. The molecule has 0 saturated carbocycles. The molecule has 1 N–H and O–H groups in total. The Labute approximate surface area is 177 Å². The number of nitrogens with zero attached hydrogens (tertiary/aromatic N) is 3. The molecule has 0 spiro atoms. The second kappa shape index (κ2) is 8.61. The lowest BCUT2D eigenvalue weighted by Gasteiger charge is -2.22. The van der Waals surface area contributed by atoms with Gasteiger partial charge in [-0.3, -0.25) is 4.79 Å². The number of hydrogen-bond acceptors (Lipinski definition) is 7. The van der Waals surface area contributed by atoms with Gasteiger partial charge in [0.1, 0.15) is 17.6 Å². The largest absolute Gasteiger partial charge is 0.313 e. The molecule has 3 rings (SSSR count). The van der Waals surface area contributed by atoms with Crippen LogP contribution in [0.25, 0.3) is 0 Å². The van der Waals surface area contributed by atoms with Crippen LogP contribution < -0.4 is 9.62 Å². The summed E-state index contributed by atoms with van der Waals surface area (Å²) in [6.07, 6.45) is 0.884. The van der Waals surface area contributed by atoms with Crippen LogP contribution in [0.5, 0.6) is 0 Å². The summed E-state index contributed by atoms with van der Waals surface area (Å²) < 4.78 is 39.0. The van der Waals surface area contributed by atoms with E-state index in [9.17, 15) is 17.6 Å². The third-order valence-corrected chi connectivity index (χ3v) is 5.63. The van der Waals surface area contributed by atoms with Crippen molar-refractivity contribution in [3.8, 4) is 6.07 Å². The van der Waals surface area contributed by atoms with E-state index in [1.54, 1.807) is 24.0 Å². The summed E-state index contributed by atoms with van der Waals surface area (Å²) >= 11 is 1.18. The summed E-state index contributed by atoms with van der Waals surface area (Å²) in [7, 11) is -3.74. The van der Waals surface area contributed by atoms with Gasteiger partial charge in [-0.1, -0.05) is 30.3 Å². The van der Waals surface area contributed by atoms with Gasteiger partial charge < -0.3 is 4.90 Å². The van der Waals surface area contributed by atoms with Gasteiger partial charge in [-0.25, -0.2) is 22.5 Å². The van der Waals surface area contributed by atoms with Gasteiger partial charge in [-0.15, -0.1) is 11.3 Å². The van der Waals surface area contributed by atoms with Crippen LogP contribution in [-0.2, 0) is 16.6 Å². The lowest BCUT2D eigenvalue weighted by Crippen LogP contribution is -2.30. The predicted octanol–water partition coefficient (Wildman–Crippen LogP) is 3.49. The van der Waals surface area contributed by atoms with Crippen molar-refractivity contribution in [2.75, 3.05) is 11.2 Å².